The Labute approximate surface area is 110 Å². The first-order valence-corrected chi connectivity index (χ1v) is 6.54. The van der Waals surface area contributed by atoms with Gasteiger partial charge in [0.1, 0.15) is 0 Å². The fourth-order valence-electron chi connectivity index (χ4n) is 2.07. The van der Waals surface area contributed by atoms with Crippen LogP contribution < -0.4 is 0 Å². The van der Waals surface area contributed by atoms with Crippen molar-refractivity contribution in [2.45, 2.75) is 27.2 Å². The number of thiazole rings is 1. The van der Waals surface area contributed by atoms with Crippen LogP contribution >= 0.6 is 11.3 Å². The van der Waals surface area contributed by atoms with Crippen molar-refractivity contribution in [3.63, 3.8) is 0 Å². The number of carbonyl (C=O) groups is 1. The first-order valence-electron chi connectivity index (χ1n) is 5.72. The summed E-state index contributed by atoms with van der Waals surface area (Å²) in [5.41, 5.74) is 3.80. The number of carboxylic acid groups (broad SMARTS) is 1. The van der Waals surface area contributed by atoms with Crippen LogP contribution in [0.25, 0.3) is 0 Å². The third-order valence-corrected chi connectivity index (χ3v) is 3.65. The molecule has 0 aliphatic carbocycles. The second-order valence-corrected chi connectivity index (χ2v) is 5.78. The second-order valence-electron chi connectivity index (χ2n) is 4.49. The third-order valence-electron chi connectivity index (χ3n) is 2.68. The standard InChI is InChI=1S/C14H15NO2S/c1-8-4-9(2)6-11(5-8)7-12-15-13(14(16)17)10(3)18-12/h4-6H,7H2,1-3H3,(H,16,17). The Morgan fingerprint density at radius 2 is 1.83 bits per heavy atom. The van der Waals surface area contributed by atoms with Crippen molar-refractivity contribution in [3.8, 4) is 0 Å². The van der Waals surface area contributed by atoms with Gasteiger partial charge in [0, 0.05) is 11.3 Å². The molecular formula is C14H15NO2S. The first-order chi connectivity index (χ1) is 8.45. The Balaban J connectivity index is 2.28. The first kappa shape index (κ1) is 12.8. The molecule has 1 aromatic carbocycles. The van der Waals surface area contributed by atoms with Gasteiger partial charge in [0.25, 0.3) is 0 Å². The van der Waals surface area contributed by atoms with E-state index in [1.807, 2.05) is 0 Å². The maximum Gasteiger partial charge on any atom is 0.355 e. The van der Waals surface area contributed by atoms with Gasteiger partial charge in [-0.05, 0) is 26.3 Å². The number of carboxylic acids is 1. The Bertz CT molecular complexity index is 582. The monoisotopic (exact) mass is 261 g/mol. The molecule has 0 atom stereocenters. The van der Waals surface area contributed by atoms with Crippen LogP contribution in [0, 0.1) is 20.8 Å². The van der Waals surface area contributed by atoms with Crippen LogP contribution in [0.4, 0.5) is 0 Å². The third kappa shape index (κ3) is 2.76. The maximum atomic E-state index is 10.9. The molecule has 0 bridgehead atoms. The molecular weight excluding hydrogens is 246 g/mol. The summed E-state index contributed by atoms with van der Waals surface area (Å²) in [7, 11) is 0. The minimum atomic E-state index is -0.949. The average Bonchev–Trinajstić information content (AvgIpc) is 2.57. The van der Waals surface area contributed by atoms with E-state index < -0.39 is 5.97 Å². The van der Waals surface area contributed by atoms with E-state index in [1.165, 1.54) is 28.0 Å². The van der Waals surface area contributed by atoms with Gasteiger partial charge < -0.3 is 5.11 Å². The molecule has 0 aliphatic heterocycles. The molecule has 3 nitrogen and oxygen atoms in total. The summed E-state index contributed by atoms with van der Waals surface area (Å²) in [4.78, 5) is 15.9. The van der Waals surface area contributed by atoms with E-state index in [2.05, 4.69) is 37.0 Å². The molecule has 1 aromatic heterocycles. The van der Waals surface area contributed by atoms with Crippen molar-refractivity contribution >= 4 is 17.3 Å². The fraction of sp³-hybridized carbons (Fsp3) is 0.286. The molecule has 4 heteroatoms. The van der Waals surface area contributed by atoms with Gasteiger partial charge in [-0.2, -0.15) is 0 Å². The molecule has 18 heavy (non-hydrogen) atoms. The van der Waals surface area contributed by atoms with Crippen LogP contribution in [0.3, 0.4) is 0 Å². The fourth-order valence-corrected chi connectivity index (χ4v) is 3.03. The number of aromatic carboxylic acids is 1. The predicted molar refractivity (Wildman–Crippen MR) is 72.5 cm³/mol. The van der Waals surface area contributed by atoms with Crippen LogP contribution in [0.5, 0.6) is 0 Å². The molecule has 2 rings (SSSR count). The highest BCUT2D eigenvalue weighted by Crippen LogP contribution is 2.21. The van der Waals surface area contributed by atoms with Gasteiger partial charge >= 0.3 is 5.97 Å². The summed E-state index contributed by atoms with van der Waals surface area (Å²) in [6.45, 7) is 5.92. The van der Waals surface area contributed by atoms with Crippen molar-refractivity contribution in [1.29, 1.82) is 0 Å². The smallest absolute Gasteiger partial charge is 0.355 e. The van der Waals surface area contributed by atoms with Gasteiger partial charge in [-0.25, -0.2) is 9.78 Å². The Morgan fingerprint density at radius 1 is 1.22 bits per heavy atom. The average molecular weight is 261 g/mol. The second kappa shape index (κ2) is 4.90. The molecule has 1 N–H and O–H groups in total. The Morgan fingerprint density at radius 3 is 2.33 bits per heavy atom. The maximum absolute atomic E-state index is 10.9. The van der Waals surface area contributed by atoms with E-state index in [1.54, 1.807) is 6.92 Å². The molecule has 0 fully saturated rings. The zero-order chi connectivity index (χ0) is 13.3. The van der Waals surface area contributed by atoms with Gasteiger partial charge in [0.2, 0.25) is 0 Å². The number of nitrogens with zero attached hydrogens (tertiary/aromatic N) is 1. The largest absolute Gasteiger partial charge is 0.476 e. The van der Waals surface area contributed by atoms with Gasteiger partial charge in [0.15, 0.2) is 5.69 Å². The number of benzene rings is 1. The molecule has 2 aromatic rings. The van der Waals surface area contributed by atoms with E-state index in [9.17, 15) is 4.79 Å². The Hall–Kier alpha value is -1.68. The van der Waals surface area contributed by atoms with E-state index in [0.29, 0.717) is 6.42 Å². The van der Waals surface area contributed by atoms with Crippen LogP contribution in [0.2, 0.25) is 0 Å². The summed E-state index contributed by atoms with van der Waals surface area (Å²) in [6.07, 6.45) is 0.696. The molecule has 0 radical (unpaired) electrons. The molecule has 0 aliphatic rings. The van der Waals surface area contributed by atoms with Gasteiger partial charge in [0.05, 0.1) is 5.01 Å². The van der Waals surface area contributed by atoms with Crippen molar-refractivity contribution in [1.82, 2.24) is 4.98 Å². The van der Waals surface area contributed by atoms with E-state index >= 15 is 0 Å². The van der Waals surface area contributed by atoms with Crippen LogP contribution in [-0.4, -0.2) is 16.1 Å². The minimum absolute atomic E-state index is 0.180. The summed E-state index contributed by atoms with van der Waals surface area (Å²) in [5.74, 6) is -0.949. The number of aromatic nitrogens is 1. The summed E-state index contributed by atoms with van der Waals surface area (Å²) < 4.78 is 0. The van der Waals surface area contributed by atoms with Gasteiger partial charge in [-0.15, -0.1) is 11.3 Å². The number of hydrogen-bond acceptors (Lipinski definition) is 3. The summed E-state index contributed by atoms with van der Waals surface area (Å²) in [5, 5.41) is 9.83. The van der Waals surface area contributed by atoms with E-state index in [4.69, 9.17) is 5.11 Å². The lowest BCUT2D eigenvalue weighted by molar-refractivity contribution is 0.0690. The molecule has 1 heterocycles. The quantitative estimate of drug-likeness (QED) is 0.921. The molecule has 0 spiro atoms. The van der Waals surface area contributed by atoms with Crippen molar-refractivity contribution in [2.24, 2.45) is 0 Å². The van der Waals surface area contributed by atoms with E-state index in [0.717, 1.165) is 9.88 Å². The lowest BCUT2D eigenvalue weighted by atomic mass is 10.1. The number of aryl methyl sites for hydroxylation is 3. The molecule has 0 unspecified atom stereocenters. The highest BCUT2D eigenvalue weighted by Gasteiger charge is 2.14. The number of hydrogen-bond donors (Lipinski definition) is 1. The van der Waals surface area contributed by atoms with Crippen LogP contribution in [-0.2, 0) is 6.42 Å². The van der Waals surface area contributed by atoms with Crippen molar-refractivity contribution in [3.05, 3.63) is 50.5 Å². The van der Waals surface area contributed by atoms with Crippen molar-refractivity contribution in [2.75, 3.05) is 0 Å². The topological polar surface area (TPSA) is 50.2 Å². The zero-order valence-corrected chi connectivity index (χ0v) is 11.5. The van der Waals surface area contributed by atoms with Crippen LogP contribution in [0.1, 0.15) is 37.1 Å². The lowest BCUT2D eigenvalue weighted by Crippen LogP contribution is -1.99. The van der Waals surface area contributed by atoms with E-state index in [-0.39, 0.29) is 5.69 Å². The minimum Gasteiger partial charge on any atom is -0.476 e. The van der Waals surface area contributed by atoms with Gasteiger partial charge in [-0.3, -0.25) is 0 Å². The SMILES string of the molecule is Cc1cc(C)cc(Cc2nc(C(=O)O)c(C)s2)c1. The molecule has 94 valence electrons. The Kier molecular flexibility index (Phi) is 3.48. The van der Waals surface area contributed by atoms with Crippen LogP contribution in [0.15, 0.2) is 18.2 Å². The lowest BCUT2D eigenvalue weighted by Gasteiger charge is -2.02. The molecule has 0 saturated heterocycles. The molecule has 0 saturated carbocycles. The number of rotatable bonds is 3. The zero-order valence-electron chi connectivity index (χ0n) is 10.7. The highest BCUT2D eigenvalue weighted by molar-refractivity contribution is 7.11. The highest BCUT2D eigenvalue weighted by atomic mass is 32.1. The van der Waals surface area contributed by atoms with Crippen molar-refractivity contribution < 1.29 is 9.90 Å². The summed E-state index contributed by atoms with van der Waals surface area (Å²) in [6, 6.07) is 6.35. The predicted octanol–water partition coefficient (Wildman–Crippen LogP) is 3.36. The normalized spacial score (nSPS) is 10.6. The summed E-state index contributed by atoms with van der Waals surface area (Å²) >= 11 is 1.46. The van der Waals surface area contributed by atoms with Gasteiger partial charge in [-0.1, -0.05) is 29.3 Å². The molecule has 0 amide bonds.